The third kappa shape index (κ3) is 4.40. The lowest BCUT2D eigenvalue weighted by Crippen LogP contribution is -2.54. The molecule has 0 bridgehead atoms. The van der Waals surface area contributed by atoms with Gasteiger partial charge in [-0.15, -0.1) is 0 Å². The van der Waals surface area contributed by atoms with Gasteiger partial charge in [-0.2, -0.15) is 5.10 Å². The molecule has 2 saturated heterocycles. The van der Waals surface area contributed by atoms with E-state index in [1.54, 1.807) is 4.68 Å². The molecule has 2 fully saturated rings. The molecule has 0 aliphatic carbocycles. The quantitative estimate of drug-likeness (QED) is 0.827. The van der Waals surface area contributed by atoms with Crippen LogP contribution in [0.5, 0.6) is 0 Å². The monoisotopic (exact) mass is 350 g/mol. The van der Waals surface area contributed by atoms with E-state index in [9.17, 15) is 4.79 Å². The summed E-state index contributed by atoms with van der Waals surface area (Å²) in [6, 6.07) is 2.17. The van der Waals surface area contributed by atoms with Crippen molar-refractivity contribution in [3.05, 3.63) is 17.5 Å². The molecule has 7 heteroatoms. The van der Waals surface area contributed by atoms with Crippen LogP contribution in [-0.2, 0) is 22.4 Å². The Labute approximate surface area is 149 Å². The van der Waals surface area contributed by atoms with Crippen molar-refractivity contribution >= 4 is 5.91 Å². The average Bonchev–Trinajstić information content (AvgIpc) is 3.21. The van der Waals surface area contributed by atoms with E-state index in [-0.39, 0.29) is 18.0 Å². The number of rotatable bonds is 6. The van der Waals surface area contributed by atoms with Crippen molar-refractivity contribution in [3.8, 4) is 0 Å². The predicted molar refractivity (Wildman–Crippen MR) is 94.7 cm³/mol. The highest BCUT2D eigenvalue weighted by Gasteiger charge is 2.35. The van der Waals surface area contributed by atoms with Crippen molar-refractivity contribution in [2.24, 2.45) is 5.92 Å². The van der Waals surface area contributed by atoms with Crippen LogP contribution >= 0.6 is 0 Å². The number of morpholine rings is 1. The Bertz CT molecular complexity index is 581. The van der Waals surface area contributed by atoms with Crippen molar-refractivity contribution in [2.75, 3.05) is 39.5 Å². The average molecular weight is 350 g/mol. The van der Waals surface area contributed by atoms with Crippen molar-refractivity contribution in [2.45, 2.75) is 45.8 Å². The maximum absolute atomic E-state index is 12.8. The maximum Gasteiger partial charge on any atom is 0.269 e. The predicted octanol–water partition coefficient (Wildman–Crippen LogP) is 0.931. The number of aromatic nitrogens is 2. The summed E-state index contributed by atoms with van der Waals surface area (Å²) >= 11 is 0. The molecule has 0 radical (unpaired) electrons. The number of carbonyl (C=O) groups excluding carboxylic acids is 1. The maximum atomic E-state index is 12.8. The van der Waals surface area contributed by atoms with Crippen molar-refractivity contribution in [1.82, 2.24) is 20.0 Å². The van der Waals surface area contributed by atoms with E-state index in [1.165, 1.54) is 0 Å². The highest BCUT2D eigenvalue weighted by molar-refractivity contribution is 5.93. The molecular formula is C18H30N4O3. The van der Waals surface area contributed by atoms with Crippen LogP contribution in [0.1, 0.15) is 37.0 Å². The third-order valence-electron chi connectivity index (χ3n) is 4.86. The standard InChI is InChI=1S/C18H30N4O3/c1-4-22-16(10-14(20-22)9-13(2)3)18(23)19-15-11-25-12-17(15)21-5-7-24-8-6-21/h10,13,15,17H,4-9,11-12H2,1-3H3,(H,19,23)/t15-,17-/m0/s1. The fraction of sp³-hybridized carbons (Fsp3) is 0.778. The number of hydrogen-bond acceptors (Lipinski definition) is 5. The summed E-state index contributed by atoms with van der Waals surface area (Å²) in [6.07, 6.45) is 0.885. The van der Waals surface area contributed by atoms with Gasteiger partial charge >= 0.3 is 0 Å². The lowest BCUT2D eigenvalue weighted by atomic mass is 10.1. The molecule has 1 aromatic rings. The molecule has 0 unspecified atom stereocenters. The number of nitrogens with one attached hydrogen (secondary N) is 1. The number of amides is 1. The summed E-state index contributed by atoms with van der Waals surface area (Å²) in [5.74, 6) is 0.461. The van der Waals surface area contributed by atoms with Gasteiger partial charge in [0.2, 0.25) is 0 Å². The highest BCUT2D eigenvalue weighted by atomic mass is 16.5. The first-order valence-electron chi connectivity index (χ1n) is 9.35. The number of hydrogen-bond donors (Lipinski definition) is 1. The lowest BCUT2D eigenvalue weighted by Gasteiger charge is -2.34. The molecule has 140 valence electrons. The second kappa shape index (κ2) is 8.29. The summed E-state index contributed by atoms with van der Waals surface area (Å²) in [4.78, 5) is 15.2. The molecule has 2 atom stereocenters. The van der Waals surface area contributed by atoms with E-state index in [0.717, 1.165) is 38.4 Å². The van der Waals surface area contributed by atoms with E-state index in [0.29, 0.717) is 31.4 Å². The molecule has 3 heterocycles. The smallest absolute Gasteiger partial charge is 0.269 e. The molecule has 1 aromatic heterocycles. The van der Waals surface area contributed by atoms with Crippen LogP contribution in [-0.4, -0.2) is 72.2 Å². The van der Waals surface area contributed by atoms with Crippen LogP contribution in [0.3, 0.4) is 0 Å². The van der Waals surface area contributed by atoms with Crippen LogP contribution in [0.4, 0.5) is 0 Å². The summed E-state index contributed by atoms with van der Waals surface area (Å²) in [6.45, 7) is 11.5. The van der Waals surface area contributed by atoms with Gasteiger partial charge in [-0.3, -0.25) is 14.4 Å². The number of nitrogens with zero attached hydrogens (tertiary/aromatic N) is 3. The van der Waals surface area contributed by atoms with Gasteiger partial charge in [0.15, 0.2) is 0 Å². The second-order valence-corrected chi connectivity index (χ2v) is 7.27. The van der Waals surface area contributed by atoms with E-state index in [4.69, 9.17) is 9.47 Å². The number of aryl methyl sites for hydroxylation is 1. The van der Waals surface area contributed by atoms with Gasteiger partial charge in [-0.25, -0.2) is 0 Å². The van der Waals surface area contributed by atoms with Crippen LogP contribution < -0.4 is 5.32 Å². The minimum absolute atomic E-state index is 0.0133. The highest BCUT2D eigenvalue weighted by Crippen LogP contribution is 2.16. The Morgan fingerprint density at radius 2 is 2.08 bits per heavy atom. The zero-order chi connectivity index (χ0) is 17.8. The van der Waals surface area contributed by atoms with Gasteiger partial charge in [-0.05, 0) is 25.3 Å². The first-order chi connectivity index (χ1) is 12.1. The molecule has 0 spiro atoms. The van der Waals surface area contributed by atoms with Crippen LogP contribution in [0.25, 0.3) is 0 Å². The zero-order valence-corrected chi connectivity index (χ0v) is 15.5. The number of carbonyl (C=O) groups is 1. The Kier molecular flexibility index (Phi) is 6.09. The van der Waals surface area contributed by atoms with Gasteiger partial charge in [0.05, 0.1) is 44.2 Å². The third-order valence-corrected chi connectivity index (χ3v) is 4.86. The minimum Gasteiger partial charge on any atom is -0.379 e. The zero-order valence-electron chi connectivity index (χ0n) is 15.5. The fourth-order valence-electron chi connectivity index (χ4n) is 3.60. The van der Waals surface area contributed by atoms with E-state index >= 15 is 0 Å². The van der Waals surface area contributed by atoms with Crippen LogP contribution in [0.15, 0.2) is 6.07 Å². The van der Waals surface area contributed by atoms with Gasteiger partial charge in [0.1, 0.15) is 5.69 Å². The molecular weight excluding hydrogens is 320 g/mol. The van der Waals surface area contributed by atoms with E-state index in [1.807, 2.05) is 13.0 Å². The molecule has 2 aliphatic heterocycles. The summed E-state index contributed by atoms with van der Waals surface area (Å²) in [5.41, 5.74) is 1.63. The number of ether oxygens (including phenoxy) is 2. The summed E-state index contributed by atoms with van der Waals surface area (Å²) in [5, 5.41) is 7.75. The SMILES string of the molecule is CCn1nc(CC(C)C)cc1C(=O)N[C@H]1COC[C@@H]1N1CCOCC1. The van der Waals surface area contributed by atoms with Crippen molar-refractivity contribution < 1.29 is 14.3 Å². The molecule has 7 nitrogen and oxygen atoms in total. The minimum atomic E-state index is -0.0573. The van der Waals surface area contributed by atoms with Gasteiger partial charge in [0, 0.05) is 19.6 Å². The van der Waals surface area contributed by atoms with Gasteiger partial charge in [-0.1, -0.05) is 13.8 Å². The van der Waals surface area contributed by atoms with E-state index < -0.39 is 0 Å². The molecule has 25 heavy (non-hydrogen) atoms. The molecule has 3 rings (SSSR count). The Morgan fingerprint density at radius 3 is 2.76 bits per heavy atom. The van der Waals surface area contributed by atoms with Crippen molar-refractivity contribution in [3.63, 3.8) is 0 Å². The Morgan fingerprint density at radius 1 is 1.32 bits per heavy atom. The Balaban J connectivity index is 1.67. The first-order valence-corrected chi connectivity index (χ1v) is 9.35. The van der Waals surface area contributed by atoms with Crippen LogP contribution in [0, 0.1) is 5.92 Å². The lowest BCUT2D eigenvalue weighted by molar-refractivity contribution is 0.0108. The summed E-state index contributed by atoms with van der Waals surface area (Å²) < 4.78 is 12.9. The summed E-state index contributed by atoms with van der Waals surface area (Å²) in [7, 11) is 0. The van der Waals surface area contributed by atoms with Crippen LogP contribution in [0.2, 0.25) is 0 Å². The van der Waals surface area contributed by atoms with Crippen molar-refractivity contribution in [1.29, 1.82) is 0 Å². The first kappa shape index (κ1) is 18.4. The molecule has 1 amide bonds. The topological polar surface area (TPSA) is 68.6 Å². The largest absolute Gasteiger partial charge is 0.379 e. The van der Waals surface area contributed by atoms with E-state index in [2.05, 4.69) is 29.2 Å². The molecule has 0 saturated carbocycles. The molecule has 2 aliphatic rings. The van der Waals surface area contributed by atoms with Gasteiger partial charge < -0.3 is 14.8 Å². The Hall–Kier alpha value is -1.44. The molecule has 0 aromatic carbocycles. The fourth-order valence-corrected chi connectivity index (χ4v) is 3.60. The second-order valence-electron chi connectivity index (χ2n) is 7.27. The molecule has 1 N–H and O–H groups in total. The normalized spacial score (nSPS) is 24.8. The van der Waals surface area contributed by atoms with Gasteiger partial charge in [0.25, 0.3) is 5.91 Å².